The Balaban J connectivity index is 1.87. The van der Waals surface area contributed by atoms with E-state index in [-0.39, 0.29) is 0 Å². The number of furan rings is 1. The van der Waals surface area contributed by atoms with E-state index in [1.807, 2.05) is 6.07 Å². The third-order valence-corrected chi connectivity index (χ3v) is 3.64. The Morgan fingerprint density at radius 1 is 1.59 bits per heavy atom. The summed E-state index contributed by atoms with van der Waals surface area (Å²) in [5.74, 6) is -0.107. The lowest BCUT2D eigenvalue weighted by Gasteiger charge is -2.12. The molecule has 1 aromatic rings. The van der Waals surface area contributed by atoms with Crippen LogP contribution in [0.3, 0.4) is 0 Å². The average Bonchev–Trinajstić information content (AvgIpc) is 2.98. The lowest BCUT2D eigenvalue weighted by Crippen LogP contribution is -2.23. The molecule has 0 bridgehead atoms. The number of nitrogens with one attached hydrogen (secondary N) is 1. The predicted molar refractivity (Wildman–Crippen MR) is 63.7 cm³/mol. The monoisotopic (exact) mass is 237 g/mol. The minimum atomic E-state index is -0.413. The maximum absolute atomic E-state index is 11.4. The topological polar surface area (TPSA) is 51.5 Å². The molecule has 0 saturated heterocycles. The van der Waals surface area contributed by atoms with Crippen LogP contribution in [0.15, 0.2) is 16.7 Å². The van der Waals surface area contributed by atoms with Gasteiger partial charge < -0.3 is 14.5 Å². The van der Waals surface area contributed by atoms with Crippen LogP contribution >= 0.6 is 0 Å². The van der Waals surface area contributed by atoms with Gasteiger partial charge in [0.25, 0.3) is 0 Å². The number of ether oxygens (including phenoxy) is 1. The minimum absolute atomic E-state index is 0.307. The zero-order chi connectivity index (χ0) is 12.3. The van der Waals surface area contributed by atoms with Crippen LogP contribution in [0, 0.1) is 5.41 Å². The summed E-state index contributed by atoms with van der Waals surface area (Å²) >= 11 is 0. The molecule has 0 amide bonds. The second kappa shape index (κ2) is 4.92. The van der Waals surface area contributed by atoms with Crippen molar-refractivity contribution in [2.75, 3.05) is 13.7 Å². The Morgan fingerprint density at radius 2 is 2.35 bits per heavy atom. The quantitative estimate of drug-likeness (QED) is 0.772. The molecule has 1 heterocycles. The zero-order valence-electron chi connectivity index (χ0n) is 10.4. The Kier molecular flexibility index (Phi) is 3.52. The molecule has 17 heavy (non-hydrogen) atoms. The van der Waals surface area contributed by atoms with Crippen LogP contribution in [0.1, 0.15) is 42.3 Å². The standard InChI is InChI=1S/C13H19NO3/c1-3-13(5-6-13)9-14-8-10-4-7-17-11(10)12(15)16-2/h4,7,14H,3,5-6,8-9H2,1-2H3. The molecule has 4 heteroatoms. The third-order valence-electron chi connectivity index (χ3n) is 3.64. The summed E-state index contributed by atoms with van der Waals surface area (Å²) in [6.07, 6.45) is 5.36. The molecule has 1 N–H and O–H groups in total. The number of hydrogen-bond acceptors (Lipinski definition) is 4. The molecule has 0 aromatic carbocycles. The van der Waals surface area contributed by atoms with Gasteiger partial charge in [0.1, 0.15) is 0 Å². The van der Waals surface area contributed by atoms with Gasteiger partial charge in [0.2, 0.25) is 5.76 Å². The van der Waals surface area contributed by atoms with Gasteiger partial charge in [-0.25, -0.2) is 4.79 Å². The lowest BCUT2D eigenvalue weighted by molar-refractivity contribution is 0.0563. The molecule has 1 fully saturated rings. The van der Waals surface area contributed by atoms with Crippen molar-refractivity contribution >= 4 is 5.97 Å². The molecule has 1 aliphatic rings. The first kappa shape index (κ1) is 12.2. The Morgan fingerprint density at radius 3 is 2.94 bits per heavy atom. The average molecular weight is 237 g/mol. The maximum atomic E-state index is 11.4. The molecule has 0 unspecified atom stereocenters. The van der Waals surface area contributed by atoms with Crippen LogP contribution in [0.5, 0.6) is 0 Å². The van der Waals surface area contributed by atoms with E-state index in [0.717, 1.165) is 12.1 Å². The van der Waals surface area contributed by atoms with E-state index >= 15 is 0 Å². The van der Waals surface area contributed by atoms with Crippen molar-refractivity contribution in [1.82, 2.24) is 5.32 Å². The highest BCUT2D eigenvalue weighted by molar-refractivity contribution is 5.87. The van der Waals surface area contributed by atoms with Crippen molar-refractivity contribution in [3.05, 3.63) is 23.7 Å². The van der Waals surface area contributed by atoms with Gasteiger partial charge >= 0.3 is 5.97 Å². The lowest BCUT2D eigenvalue weighted by atomic mass is 10.0. The summed E-state index contributed by atoms with van der Waals surface area (Å²) in [6.45, 7) is 3.89. The third kappa shape index (κ3) is 2.69. The highest BCUT2D eigenvalue weighted by Gasteiger charge is 2.39. The maximum Gasteiger partial charge on any atom is 0.374 e. The fourth-order valence-electron chi connectivity index (χ4n) is 2.04. The SMILES string of the molecule is CCC1(CNCc2ccoc2C(=O)OC)CC1. The molecule has 0 radical (unpaired) electrons. The number of methoxy groups -OCH3 is 1. The van der Waals surface area contributed by atoms with Gasteiger partial charge in [-0.05, 0) is 30.7 Å². The molecule has 1 aromatic heterocycles. The minimum Gasteiger partial charge on any atom is -0.463 e. The van der Waals surface area contributed by atoms with Gasteiger partial charge in [0, 0.05) is 18.7 Å². The van der Waals surface area contributed by atoms with Gasteiger partial charge in [-0.2, -0.15) is 0 Å². The summed E-state index contributed by atoms with van der Waals surface area (Å²) < 4.78 is 9.78. The number of carbonyl (C=O) groups is 1. The number of rotatable bonds is 6. The number of hydrogen-bond donors (Lipinski definition) is 1. The van der Waals surface area contributed by atoms with E-state index in [9.17, 15) is 4.79 Å². The van der Waals surface area contributed by atoms with E-state index in [1.165, 1.54) is 32.6 Å². The van der Waals surface area contributed by atoms with Crippen LogP contribution in [-0.2, 0) is 11.3 Å². The van der Waals surface area contributed by atoms with Gasteiger partial charge in [-0.1, -0.05) is 6.92 Å². The molecule has 0 spiro atoms. The summed E-state index contributed by atoms with van der Waals surface area (Å²) in [5, 5.41) is 3.39. The highest BCUT2D eigenvalue weighted by atomic mass is 16.5. The highest BCUT2D eigenvalue weighted by Crippen LogP contribution is 2.47. The molecule has 94 valence electrons. The van der Waals surface area contributed by atoms with Crippen LogP contribution in [-0.4, -0.2) is 19.6 Å². The second-order valence-corrected chi connectivity index (χ2v) is 4.72. The zero-order valence-corrected chi connectivity index (χ0v) is 10.4. The van der Waals surface area contributed by atoms with Crippen LogP contribution in [0.4, 0.5) is 0 Å². The number of esters is 1. The van der Waals surface area contributed by atoms with E-state index < -0.39 is 5.97 Å². The van der Waals surface area contributed by atoms with Crippen molar-refractivity contribution in [2.24, 2.45) is 5.41 Å². The van der Waals surface area contributed by atoms with Gasteiger partial charge in [-0.3, -0.25) is 0 Å². The Hall–Kier alpha value is -1.29. The smallest absolute Gasteiger partial charge is 0.374 e. The van der Waals surface area contributed by atoms with Crippen molar-refractivity contribution in [2.45, 2.75) is 32.7 Å². The summed E-state index contributed by atoms with van der Waals surface area (Å²) in [4.78, 5) is 11.4. The van der Waals surface area contributed by atoms with Crippen LogP contribution in [0.25, 0.3) is 0 Å². The van der Waals surface area contributed by atoms with Gasteiger partial charge in [0.05, 0.1) is 13.4 Å². The first-order valence-corrected chi connectivity index (χ1v) is 6.06. The van der Waals surface area contributed by atoms with E-state index in [2.05, 4.69) is 17.0 Å². The predicted octanol–water partition coefficient (Wildman–Crippen LogP) is 2.35. The van der Waals surface area contributed by atoms with E-state index in [4.69, 9.17) is 4.42 Å². The van der Waals surface area contributed by atoms with Crippen molar-refractivity contribution in [1.29, 1.82) is 0 Å². The van der Waals surface area contributed by atoms with Crippen molar-refractivity contribution in [3.8, 4) is 0 Å². The van der Waals surface area contributed by atoms with E-state index in [0.29, 0.717) is 17.7 Å². The fourth-order valence-corrected chi connectivity index (χ4v) is 2.04. The molecular weight excluding hydrogens is 218 g/mol. The first-order valence-electron chi connectivity index (χ1n) is 6.06. The number of carbonyl (C=O) groups excluding carboxylic acids is 1. The van der Waals surface area contributed by atoms with E-state index in [1.54, 1.807) is 0 Å². The molecular formula is C13H19NO3. The normalized spacial score (nSPS) is 16.8. The summed E-state index contributed by atoms with van der Waals surface area (Å²) in [7, 11) is 1.36. The van der Waals surface area contributed by atoms with Crippen LogP contribution in [0.2, 0.25) is 0 Å². The molecule has 1 saturated carbocycles. The summed E-state index contributed by atoms with van der Waals surface area (Å²) in [6, 6.07) is 1.81. The Labute approximate surface area is 101 Å². The summed E-state index contributed by atoms with van der Waals surface area (Å²) in [5.41, 5.74) is 1.37. The second-order valence-electron chi connectivity index (χ2n) is 4.72. The van der Waals surface area contributed by atoms with Crippen LogP contribution < -0.4 is 5.32 Å². The molecule has 0 aliphatic heterocycles. The van der Waals surface area contributed by atoms with Crippen molar-refractivity contribution in [3.63, 3.8) is 0 Å². The first-order chi connectivity index (χ1) is 8.21. The molecule has 4 nitrogen and oxygen atoms in total. The Bertz CT molecular complexity index is 393. The van der Waals surface area contributed by atoms with Gasteiger partial charge in [0.15, 0.2) is 0 Å². The van der Waals surface area contributed by atoms with Gasteiger partial charge in [-0.15, -0.1) is 0 Å². The largest absolute Gasteiger partial charge is 0.463 e. The van der Waals surface area contributed by atoms with Crippen molar-refractivity contribution < 1.29 is 13.9 Å². The molecule has 1 aliphatic carbocycles. The molecule has 0 atom stereocenters. The molecule has 2 rings (SSSR count). The fraction of sp³-hybridized carbons (Fsp3) is 0.615.